The van der Waals surface area contributed by atoms with Crippen molar-refractivity contribution in [2.24, 2.45) is 0 Å². The topological polar surface area (TPSA) is 41.2 Å². The van der Waals surface area contributed by atoms with Crippen LogP contribution in [0.5, 0.6) is 0 Å². The van der Waals surface area contributed by atoms with Crippen LogP contribution in [-0.4, -0.2) is 36.3 Å². The fourth-order valence-corrected chi connectivity index (χ4v) is 2.01. The third kappa shape index (κ3) is 1.47. The molecule has 1 aliphatic heterocycles. The van der Waals surface area contributed by atoms with Gasteiger partial charge in [0.15, 0.2) is 0 Å². The van der Waals surface area contributed by atoms with E-state index in [0.717, 1.165) is 31.8 Å². The maximum absolute atomic E-state index is 5.34. The Labute approximate surface area is 87.9 Å². The van der Waals surface area contributed by atoms with Crippen LogP contribution < -0.4 is 4.90 Å². The molecule has 0 bridgehead atoms. The van der Waals surface area contributed by atoms with Crippen molar-refractivity contribution in [1.29, 1.82) is 0 Å². The summed E-state index contributed by atoms with van der Waals surface area (Å²) in [6.07, 6.45) is 5.77. The highest BCUT2D eigenvalue weighted by molar-refractivity contribution is 5.92. The summed E-state index contributed by atoms with van der Waals surface area (Å²) in [5, 5.41) is 1.19. The second kappa shape index (κ2) is 3.55. The van der Waals surface area contributed by atoms with Crippen molar-refractivity contribution in [3.63, 3.8) is 0 Å². The van der Waals surface area contributed by atoms with Gasteiger partial charge < -0.3 is 14.6 Å². The normalized spacial score (nSPS) is 17.2. The second-order valence-corrected chi connectivity index (χ2v) is 3.69. The van der Waals surface area contributed by atoms with Crippen LogP contribution in [0.15, 0.2) is 24.7 Å². The molecule has 2 aromatic heterocycles. The maximum atomic E-state index is 5.34. The lowest BCUT2D eigenvalue weighted by Gasteiger charge is -2.28. The number of morpholine rings is 1. The van der Waals surface area contributed by atoms with Crippen LogP contribution in [0.3, 0.4) is 0 Å². The summed E-state index contributed by atoms with van der Waals surface area (Å²) in [6, 6.07) is 2.00. The molecule has 1 saturated heterocycles. The van der Waals surface area contributed by atoms with Gasteiger partial charge in [-0.05, 0) is 6.07 Å². The molecule has 2 aromatic rings. The third-order valence-electron chi connectivity index (χ3n) is 2.81. The number of hydrogen-bond acceptors (Lipinski definition) is 3. The predicted octanol–water partition coefficient (Wildman–Crippen LogP) is 1.40. The zero-order valence-corrected chi connectivity index (χ0v) is 8.44. The summed E-state index contributed by atoms with van der Waals surface area (Å²) < 4.78 is 5.34. The molecule has 4 heteroatoms. The average Bonchev–Trinajstić information content (AvgIpc) is 2.74. The van der Waals surface area contributed by atoms with E-state index in [1.807, 2.05) is 18.5 Å². The molecule has 0 radical (unpaired) electrons. The molecule has 15 heavy (non-hydrogen) atoms. The van der Waals surface area contributed by atoms with Crippen LogP contribution in [0.25, 0.3) is 10.9 Å². The van der Waals surface area contributed by atoms with E-state index >= 15 is 0 Å². The minimum atomic E-state index is 0.812. The van der Waals surface area contributed by atoms with Gasteiger partial charge in [-0.2, -0.15) is 0 Å². The van der Waals surface area contributed by atoms with Gasteiger partial charge in [-0.1, -0.05) is 0 Å². The number of hydrogen-bond donors (Lipinski definition) is 1. The molecule has 4 nitrogen and oxygen atoms in total. The minimum Gasteiger partial charge on any atom is -0.378 e. The van der Waals surface area contributed by atoms with Crippen LogP contribution in [0, 0.1) is 0 Å². The Morgan fingerprint density at radius 1 is 1.33 bits per heavy atom. The van der Waals surface area contributed by atoms with Crippen molar-refractivity contribution in [2.45, 2.75) is 0 Å². The van der Waals surface area contributed by atoms with E-state index in [9.17, 15) is 0 Å². The number of pyridine rings is 1. The fourth-order valence-electron chi connectivity index (χ4n) is 2.01. The van der Waals surface area contributed by atoms with E-state index in [-0.39, 0.29) is 0 Å². The predicted molar refractivity (Wildman–Crippen MR) is 59.1 cm³/mol. The molecule has 3 heterocycles. The van der Waals surface area contributed by atoms with Crippen molar-refractivity contribution >= 4 is 16.6 Å². The first-order valence-electron chi connectivity index (χ1n) is 5.19. The van der Waals surface area contributed by atoms with Crippen LogP contribution in [0.1, 0.15) is 0 Å². The number of fused-ring (bicyclic) bond motifs is 1. The molecule has 0 spiro atoms. The van der Waals surface area contributed by atoms with E-state index in [2.05, 4.69) is 21.1 Å². The van der Waals surface area contributed by atoms with Crippen molar-refractivity contribution in [3.8, 4) is 0 Å². The molecule has 0 atom stereocenters. The van der Waals surface area contributed by atoms with Gasteiger partial charge in [0.2, 0.25) is 0 Å². The molecule has 1 aliphatic rings. The number of anilines is 1. The molecule has 1 fully saturated rings. The molecule has 78 valence electrons. The van der Waals surface area contributed by atoms with E-state index < -0.39 is 0 Å². The van der Waals surface area contributed by atoms with Crippen molar-refractivity contribution in [1.82, 2.24) is 9.97 Å². The van der Waals surface area contributed by atoms with Gasteiger partial charge in [0.05, 0.1) is 24.4 Å². The number of rotatable bonds is 1. The van der Waals surface area contributed by atoms with Gasteiger partial charge in [-0.3, -0.25) is 4.98 Å². The Kier molecular flexibility index (Phi) is 2.07. The molecule has 0 aliphatic carbocycles. The Bertz CT molecular complexity index is 460. The number of aromatic nitrogens is 2. The Morgan fingerprint density at radius 3 is 3.07 bits per heavy atom. The largest absolute Gasteiger partial charge is 0.378 e. The monoisotopic (exact) mass is 203 g/mol. The van der Waals surface area contributed by atoms with Crippen molar-refractivity contribution in [2.75, 3.05) is 31.2 Å². The highest BCUT2D eigenvalue weighted by Gasteiger charge is 2.14. The van der Waals surface area contributed by atoms with E-state index in [4.69, 9.17) is 4.74 Å². The zero-order chi connectivity index (χ0) is 10.1. The Hall–Kier alpha value is -1.55. The third-order valence-corrected chi connectivity index (χ3v) is 2.81. The lowest BCUT2D eigenvalue weighted by molar-refractivity contribution is 0.123. The number of H-pyrrole nitrogens is 1. The first kappa shape index (κ1) is 8.73. The van der Waals surface area contributed by atoms with Crippen LogP contribution in [0.4, 0.5) is 5.69 Å². The van der Waals surface area contributed by atoms with Gasteiger partial charge in [0, 0.05) is 37.1 Å². The van der Waals surface area contributed by atoms with E-state index in [0.29, 0.717) is 0 Å². The molecule has 3 rings (SSSR count). The first-order valence-corrected chi connectivity index (χ1v) is 5.19. The van der Waals surface area contributed by atoms with Crippen molar-refractivity contribution < 1.29 is 4.74 Å². The fraction of sp³-hybridized carbons (Fsp3) is 0.364. The molecule has 0 amide bonds. The number of nitrogens with zero attached hydrogens (tertiary/aromatic N) is 2. The van der Waals surface area contributed by atoms with Gasteiger partial charge in [0.1, 0.15) is 0 Å². The average molecular weight is 203 g/mol. The molecular weight excluding hydrogens is 190 g/mol. The number of aromatic amines is 1. The molecule has 0 saturated carbocycles. The molecule has 0 aromatic carbocycles. The number of ether oxygens (including phenoxy) is 1. The van der Waals surface area contributed by atoms with Gasteiger partial charge in [0.25, 0.3) is 0 Å². The standard InChI is InChI=1S/C11H13N3O/c1-2-12-7-9-10(1)13-8-11(9)14-3-5-15-6-4-14/h1-2,7-8,13H,3-6H2. The van der Waals surface area contributed by atoms with Gasteiger partial charge in [-0.25, -0.2) is 0 Å². The summed E-state index contributed by atoms with van der Waals surface area (Å²) in [6.45, 7) is 3.55. The van der Waals surface area contributed by atoms with Crippen LogP contribution in [0.2, 0.25) is 0 Å². The smallest absolute Gasteiger partial charge is 0.0642 e. The molecule has 0 unspecified atom stereocenters. The van der Waals surface area contributed by atoms with E-state index in [1.165, 1.54) is 11.1 Å². The highest BCUT2D eigenvalue weighted by Crippen LogP contribution is 2.26. The molecular formula is C11H13N3O. The zero-order valence-electron chi connectivity index (χ0n) is 8.44. The first-order chi connectivity index (χ1) is 7.45. The Balaban J connectivity index is 2.02. The molecule has 1 N–H and O–H groups in total. The maximum Gasteiger partial charge on any atom is 0.0642 e. The number of nitrogens with one attached hydrogen (secondary N) is 1. The lowest BCUT2D eigenvalue weighted by atomic mass is 10.2. The second-order valence-electron chi connectivity index (χ2n) is 3.69. The van der Waals surface area contributed by atoms with Gasteiger partial charge >= 0.3 is 0 Å². The summed E-state index contributed by atoms with van der Waals surface area (Å²) in [5.74, 6) is 0. The minimum absolute atomic E-state index is 0.812. The summed E-state index contributed by atoms with van der Waals surface area (Å²) >= 11 is 0. The van der Waals surface area contributed by atoms with Crippen molar-refractivity contribution in [3.05, 3.63) is 24.7 Å². The highest BCUT2D eigenvalue weighted by atomic mass is 16.5. The summed E-state index contributed by atoms with van der Waals surface area (Å²) in [4.78, 5) is 9.76. The lowest BCUT2D eigenvalue weighted by Crippen LogP contribution is -2.36. The van der Waals surface area contributed by atoms with E-state index in [1.54, 1.807) is 0 Å². The SMILES string of the molecule is c1cc2[nH]cc(N3CCOCC3)c2cn1. The van der Waals surface area contributed by atoms with Gasteiger partial charge in [-0.15, -0.1) is 0 Å². The Morgan fingerprint density at radius 2 is 2.20 bits per heavy atom. The quantitative estimate of drug-likeness (QED) is 0.761. The summed E-state index contributed by atoms with van der Waals surface area (Å²) in [7, 11) is 0. The van der Waals surface area contributed by atoms with Crippen LogP contribution >= 0.6 is 0 Å². The summed E-state index contributed by atoms with van der Waals surface area (Å²) in [5.41, 5.74) is 2.38. The van der Waals surface area contributed by atoms with Crippen LogP contribution in [-0.2, 0) is 4.74 Å².